The maximum Gasteiger partial charge on any atom is 0.312 e. The van der Waals surface area contributed by atoms with E-state index in [1.807, 2.05) is 0 Å². The van der Waals surface area contributed by atoms with Gasteiger partial charge in [-0.3, -0.25) is 14.9 Å². The van der Waals surface area contributed by atoms with Gasteiger partial charge in [0.05, 0.1) is 24.1 Å². The van der Waals surface area contributed by atoms with Crippen LogP contribution >= 0.6 is 11.3 Å². The summed E-state index contributed by atoms with van der Waals surface area (Å²) in [4.78, 5) is 26.1. The van der Waals surface area contributed by atoms with E-state index in [1.165, 1.54) is 36.6 Å². The summed E-state index contributed by atoms with van der Waals surface area (Å²) in [6, 6.07) is 4.19. The molecule has 1 heterocycles. The fraction of sp³-hybridized carbons (Fsp3) is 0.167. The molecule has 1 amide bonds. The number of rotatable bonds is 5. The third-order valence-electron chi connectivity index (χ3n) is 2.57. The first-order valence-corrected chi connectivity index (χ1v) is 6.69. The van der Waals surface area contributed by atoms with Crippen molar-refractivity contribution in [3.63, 3.8) is 0 Å². The Hall–Kier alpha value is -2.68. The molecule has 0 radical (unpaired) electrons. The highest BCUT2D eigenvalue weighted by atomic mass is 32.1. The quantitative estimate of drug-likeness (QED) is 0.642. The number of nitrogens with one attached hydrogen (secondary N) is 1. The average molecular weight is 308 g/mol. The number of nitrogens with two attached hydrogens (primary N) is 1. The monoisotopic (exact) mass is 308 g/mol. The number of nitrogen functional groups attached to an aromatic ring is 1. The van der Waals surface area contributed by atoms with E-state index in [4.69, 9.17) is 10.5 Å². The van der Waals surface area contributed by atoms with Crippen LogP contribution in [0.2, 0.25) is 0 Å². The molecule has 3 N–H and O–H groups in total. The Kier molecular flexibility index (Phi) is 4.33. The van der Waals surface area contributed by atoms with Gasteiger partial charge in [-0.05, 0) is 12.1 Å². The Morgan fingerprint density at radius 1 is 1.57 bits per heavy atom. The van der Waals surface area contributed by atoms with Crippen LogP contribution in [0.15, 0.2) is 23.6 Å². The number of nitro groups is 1. The molecule has 0 unspecified atom stereocenters. The van der Waals surface area contributed by atoms with E-state index < -0.39 is 4.92 Å². The van der Waals surface area contributed by atoms with Crippen LogP contribution in [-0.2, 0) is 11.2 Å². The van der Waals surface area contributed by atoms with E-state index in [-0.39, 0.29) is 23.8 Å². The summed E-state index contributed by atoms with van der Waals surface area (Å²) < 4.78 is 4.89. The van der Waals surface area contributed by atoms with Crippen molar-refractivity contribution in [2.75, 3.05) is 18.2 Å². The summed E-state index contributed by atoms with van der Waals surface area (Å²) in [7, 11) is 1.34. The molecular weight excluding hydrogens is 296 g/mol. The Morgan fingerprint density at radius 3 is 2.90 bits per heavy atom. The van der Waals surface area contributed by atoms with Gasteiger partial charge in [0.25, 0.3) is 0 Å². The lowest BCUT2D eigenvalue weighted by Crippen LogP contribution is -2.14. The van der Waals surface area contributed by atoms with Gasteiger partial charge in [0.1, 0.15) is 0 Å². The number of carbonyl (C=O) groups is 1. The molecule has 9 heteroatoms. The number of thiazole rings is 1. The summed E-state index contributed by atoms with van der Waals surface area (Å²) in [6.07, 6.45) is 0.0491. The largest absolute Gasteiger partial charge is 0.490 e. The highest BCUT2D eigenvalue weighted by Crippen LogP contribution is 2.29. The van der Waals surface area contributed by atoms with Crippen LogP contribution in [0.5, 0.6) is 5.75 Å². The SMILES string of the molecule is COc1ccc(NC(=O)Cc2csc(N)n2)cc1[N+](=O)[O-]. The third kappa shape index (κ3) is 3.66. The highest BCUT2D eigenvalue weighted by molar-refractivity contribution is 7.13. The topological polar surface area (TPSA) is 120 Å². The molecule has 0 aliphatic heterocycles. The second-order valence-corrected chi connectivity index (χ2v) is 4.94. The molecule has 0 aliphatic carbocycles. The molecule has 0 aliphatic rings. The number of anilines is 2. The normalized spacial score (nSPS) is 10.1. The molecule has 0 atom stereocenters. The first-order valence-electron chi connectivity index (χ1n) is 5.81. The van der Waals surface area contributed by atoms with E-state index >= 15 is 0 Å². The second-order valence-electron chi connectivity index (χ2n) is 4.05. The van der Waals surface area contributed by atoms with Crippen molar-refractivity contribution in [2.45, 2.75) is 6.42 Å². The summed E-state index contributed by atoms with van der Waals surface area (Å²) in [5.74, 6) is -0.204. The molecule has 0 spiro atoms. The van der Waals surface area contributed by atoms with Crippen molar-refractivity contribution in [2.24, 2.45) is 0 Å². The molecule has 1 aromatic heterocycles. The number of nitrogens with zero attached hydrogens (tertiary/aromatic N) is 2. The fourth-order valence-corrected chi connectivity index (χ4v) is 2.25. The number of hydrogen-bond acceptors (Lipinski definition) is 7. The number of hydrogen-bond donors (Lipinski definition) is 2. The van der Waals surface area contributed by atoms with Crippen molar-refractivity contribution in [1.29, 1.82) is 0 Å². The molecule has 110 valence electrons. The number of methoxy groups -OCH3 is 1. The molecule has 2 rings (SSSR count). The lowest BCUT2D eigenvalue weighted by atomic mass is 10.2. The third-order valence-corrected chi connectivity index (χ3v) is 3.29. The maximum absolute atomic E-state index is 11.8. The van der Waals surface area contributed by atoms with Gasteiger partial charge in [-0.15, -0.1) is 11.3 Å². The van der Waals surface area contributed by atoms with Crippen LogP contribution < -0.4 is 15.8 Å². The van der Waals surface area contributed by atoms with E-state index in [0.717, 1.165) is 0 Å². The highest BCUT2D eigenvalue weighted by Gasteiger charge is 2.16. The standard InChI is InChI=1S/C12H12N4O4S/c1-20-10-3-2-7(4-9(10)16(18)19)14-11(17)5-8-6-21-12(13)15-8/h2-4,6H,5H2,1H3,(H2,13,15)(H,14,17). The average Bonchev–Trinajstić information content (AvgIpc) is 2.83. The zero-order valence-corrected chi connectivity index (χ0v) is 11.8. The van der Waals surface area contributed by atoms with Crippen molar-refractivity contribution in [3.05, 3.63) is 39.4 Å². The van der Waals surface area contributed by atoms with Crippen molar-refractivity contribution < 1.29 is 14.5 Å². The molecule has 0 saturated heterocycles. The van der Waals surface area contributed by atoms with E-state index in [9.17, 15) is 14.9 Å². The summed E-state index contributed by atoms with van der Waals surface area (Å²) in [5, 5.41) is 15.5. The lowest BCUT2D eigenvalue weighted by molar-refractivity contribution is -0.385. The Balaban J connectivity index is 2.10. The molecule has 0 fully saturated rings. The Morgan fingerprint density at radius 2 is 2.33 bits per heavy atom. The second kappa shape index (κ2) is 6.18. The predicted molar refractivity (Wildman–Crippen MR) is 78.5 cm³/mol. The number of amides is 1. The van der Waals surface area contributed by atoms with Crippen LogP contribution in [0.4, 0.5) is 16.5 Å². The first kappa shape index (κ1) is 14.7. The van der Waals surface area contributed by atoms with Gasteiger partial charge < -0.3 is 15.8 Å². The first-order chi connectivity index (χ1) is 9.99. The molecule has 0 bridgehead atoms. The van der Waals surface area contributed by atoms with Gasteiger partial charge in [-0.2, -0.15) is 0 Å². The minimum Gasteiger partial charge on any atom is -0.490 e. The number of aromatic nitrogens is 1. The van der Waals surface area contributed by atoms with Crippen LogP contribution in [0.25, 0.3) is 0 Å². The predicted octanol–water partition coefficient (Wildman–Crippen LogP) is 1.82. The number of carbonyl (C=O) groups excluding carboxylic acids is 1. The molecule has 21 heavy (non-hydrogen) atoms. The van der Waals surface area contributed by atoms with Gasteiger partial charge in [0, 0.05) is 17.1 Å². The van der Waals surface area contributed by atoms with Crippen molar-refractivity contribution in [1.82, 2.24) is 4.98 Å². The van der Waals surface area contributed by atoms with Gasteiger partial charge in [0.15, 0.2) is 10.9 Å². The Labute approximate surface area is 123 Å². The molecular formula is C12H12N4O4S. The van der Waals surface area contributed by atoms with Crippen molar-refractivity contribution in [3.8, 4) is 5.75 Å². The van der Waals surface area contributed by atoms with Gasteiger partial charge in [-0.25, -0.2) is 4.98 Å². The zero-order chi connectivity index (χ0) is 15.4. The van der Waals surface area contributed by atoms with Crippen molar-refractivity contribution >= 4 is 33.8 Å². The lowest BCUT2D eigenvalue weighted by Gasteiger charge is -2.06. The summed E-state index contributed by atoms with van der Waals surface area (Å²) in [5.41, 5.74) is 6.13. The minimum absolute atomic E-state index is 0.0491. The van der Waals surface area contributed by atoms with E-state index in [2.05, 4.69) is 10.3 Å². The fourth-order valence-electron chi connectivity index (χ4n) is 1.68. The van der Waals surface area contributed by atoms with E-state index in [1.54, 1.807) is 5.38 Å². The summed E-state index contributed by atoms with van der Waals surface area (Å²) >= 11 is 1.24. The molecule has 1 aromatic carbocycles. The molecule has 2 aromatic rings. The number of benzene rings is 1. The molecule has 0 saturated carbocycles. The minimum atomic E-state index is -0.574. The molecule has 8 nitrogen and oxygen atoms in total. The van der Waals surface area contributed by atoms with Gasteiger partial charge >= 0.3 is 5.69 Å². The van der Waals surface area contributed by atoms with Crippen LogP contribution in [-0.4, -0.2) is 22.9 Å². The Bertz CT molecular complexity index is 686. The smallest absolute Gasteiger partial charge is 0.312 e. The van der Waals surface area contributed by atoms with Gasteiger partial charge in [0.2, 0.25) is 5.91 Å². The van der Waals surface area contributed by atoms with Crippen LogP contribution in [0.1, 0.15) is 5.69 Å². The van der Waals surface area contributed by atoms with Crippen LogP contribution in [0.3, 0.4) is 0 Å². The van der Waals surface area contributed by atoms with Crippen LogP contribution in [0, 0.1) is 10.1 Å². The number of ether oxygens (including phenoxy) is 1. The number of nitro benzene ring substituents is 1. The van der Waals surface area contributed by atoms with E-state index in [0.29, 0.717) is 16.5 Å². The summed E-state index contributed by atoms with van der Waals surface area (Å²) in [6.45, 7) is 0. The zero-order valence-electron chi connectivity index (χ0n) is 11.0. The maximum atomic E-state index is 11.8. The van der Waals surface area contributed by atoms with Gasteiger partial charge in [-0.1, -0.05) is 0 Å².